The van der Waals surface area contributed by atoms with Crippen molar-refractivity contribution in [2.24, 2.45) is 0 Å². The van der Waals surface area contributed by atoms with Crippen molar-refractivity contribution in [3.8, 4) is 0 Å². The largest absolute Gasteiger partial charge is 0.369 e. The van der Waals surface area contributed by atoms with Gasteiger partial charge in [0, 0.05) is 51.0 Å². The Morgan fingerprint density at radius 2 is 1.85 bits per heavy atom. The van der Waals surface area contributed by atoms with E-state index in [9.17, 15) is 4.79 Å². The fraction of sp³-hybridized carbons (Fsp3) is 0.421. The molecule has 0 unspecified atom stereocenters. The van der Waals surface area contributed by atoms with Crippen LogP contribution in [0.3, 0.4) is 0 Å². The van der Waals surface area contributed by atoms with Gasteiger partial charge in [0.2, 0.25) is 0 Å². The molecule has 0 bridgehead atoms. The van der Waals surface area contributed by atoms with Crippen LogP contribution in [0.25, 0.3) is 0 Å². The summed E-state index contributed by atoms with van der Waals surface area (Å²) in [6.45, 7) is 4.72. The zero-order valence-corrected chi connectivity index (χ0v) is 15.4. The molecule has 2 aromatic rings. The number of aromatic nitrogens is 2. The van der Waals surface area contributed by atoms with Crippen molar-refractivity contribution < 1.29 is 4.79 Å². The van der Waals surface area contributed by atoms with Gasteiger partial charge in [-0.3, -0.25) is 4.79 Å². The first-order valence-electron chi connectivity index (χ1n) is 8.93. The molecule has 0 spiro atoms. The molecule has 2 heterocycles. The van der Waals surface area contributed by atoms with E-state index in [0.29, 0.717) is 24.6 Å². The van der Waals surface area contributed by atoms with Crippen LogP contribution in [0.4, 0.5) is 11.5 Å². The number of hydrogen-bond donors (Lipinski definition) is 1. The first-order valence-corrected chi connectivity index (χ1v) is 8.93. The lowest BCUT2D eigenvalue weighted by Crippen LogP contribution is -2.49. The summed E-state index contributed by atoms with van der Waals surface area (Å²) in [5.74, 6) is 0.656. The van der Waals surface area contributed by atoms with Gasteiger partial charge in [-0.25, -0.2) is 9.97 Å². The summed E-state index contributed by atoms with van der Waals surface area (Å²) in [6, 6.07) is 12.0. The van der Waals surface area contributed by atoms with Crippen molar-refractivity contribution in [2.45, 2.75) is 0 Å². The Morgan fingerprint density at radius 1 is 1.12 bits per heavy atom. The number of likely N-dealkylation sites (N-methyl/N-ethyl adjacent to an activating group) is 1. The molecule has 1 aromatic heterocycles. The fourth-order valence-corrected chi connectivity index (χ4v) is 2.95. The van der Waals surface area contributed by atoms with E-state index in [2.05, 4.69) is 37.2 Å². The van der Waals surface area contributed by atoms with Crippen LogP contribution < -0.4 is 10.2 Å². The maximum Gasteiger partial charge on any atom is 0.272 e. The Morgan fingerprint density at radius 3 is 2.54 bits per heavy atom. The van der Waals surface area contributed by atoms with Gasteiger partial charge in [-0.05, 0) is 26.2 Å². The van der Waals surface area contributed by atoms with Gasteiger partial charge in [-0.1, -0.05) is 18.2 Å². The predicted octanol–water partition coefficient (Wildman–Crippen LogP) is 1.41. The summed E-state index contributed by atoms with van der Waals surface area (Å²) in [5.41, 5.74) is 1.65. The molecular formula is C19H26N6O. The van der Waals surface area contributed by atoms with Gasteiger partial charge in [-0.2, -0.15) is 0 Å². The van der Waals surface area contributed by atoms with Crippen LogP contribution >= 0.6 is 0 Å². The molecular weight excluding hydrogens is 328 g/mol. The number of hydrogen-bond acceptors (Lipinski definition) is 6. The number of benzene rings is 1. The maximum atomic E-state index is 12.8. The van der Waals surface area contributed by atoms with Crippen molar-refractivity contribution in [3.05, 3.63) is 48.4 Å². The first-order chi connectivity index (χ1) is 12.6. The highest BCUT2D eigenvalue weighted by atomic mass is 16.2. The second-order valence-electron chi connectivity index (χ2n) is 6.63. The predicted molar refractivity (Wildman–Crippen MR) is 104 cm³/mol. The lowest BCUT2D eigenvalue weighted by Gasteiger charge is -2.36. The van der Waals surface area contributed by atoms with Crippen molar-refractivity contribution >= 4 is 17.4 Å². The van der Waals surface area contributed by atoms with Crippen LogP contribution in [0.5, 0.6) is 0 Å². The van der Waals surface area contributed by atoms with Crippen molar-refractivity contribution in [1.29, 1.82) is 0 Å². The molecule has 3 rings (SSSR count). The maximum absolute atomic E-state index is 12.8. The lowest BCUT2D eigenvalue weighted by molar-refractivity contribution is 0.0740. The highest BCUT2D eigenvalue weighted by molar-refractivity contribution is 5.93. The Hall–Kier alpha value is -2.67. The standard InChI is InChI=1S/C19H26N6O/c1-23(2)9-8-20-18-14-17(21-15-22-18)19(26)25-12-10-24(11-13-25)16-6-4-3-5-7-16/h3-7,14-15H,8-13H2,1-2H3,(H,20,21,22). The smallest absolute Gasteiger partial charge is 0.272 e. The second-order valence-corrected chi connectivity index (χ2v) is 6.63. The summed E-state index contributed by atoms with van der Waals surface area (Å²) in [6.07, 6.45) is 1.45. The molecule has 1 aliphatic heterocycles. The van der Waals surface area contributed by atoms with E-state index in [1.54, 1.807) is 6.07 Å². The third-order valence-corrected chi connectivity index (χ3v) is 4.44. The number of nitrogens with zero attached hydrogens (tertiary/aromatic N) is 5. The van der Waals surface area contributed by atoms with Gasteiger partial charge < -0.3 is 20.0 Å². The quantitative estimate of drug-likeness (QED) is 0.846. The highest BCUT2D eigenvalue weighted by Crippen LogP contribution is 2.16. The second kappa shape index (κ2) is 8.62. The topological polar surface area (TPSA) is 64.6 Å². The summed E-state index contributed by atoms with van der Waals surface area (Å²) in [4.78, 5) is 27.4. The van der Waals surface area contributed by atoms with E-state index >= 15 is 0 Å². The minimum absolute atomic E-state index is 0.0317. The normalized spacial score (nSPS) is 14.6. The van der Waals surface area contributed by atoms with Crippen LogP contribution in [0.1, 0.15) is 10.5 Å². The molecule has 26 heavy (non-hydrogen) atoms. The number of carbonyl (C=O) groups is 1. The average Bonchev–Trinajstić information content (AvgIpc) is 2.68. The van der Waals surface area contributed by atoms with E-state index in [1.807, 2.05) is 37.2 Å². The minimum atomic E-state index is -0.0317. The lowest BCUT2D eigenvalue weighted by atomic mass is 10.2. The SMILES string of the molecule is CN(C)CCNc1cc(C(=O)N2CCN(c3ccccc3)CC2)ncn1. The summed E-state index contributed by atoms with van der Waals surface area (Å²) in [7, 11) is 4.04. The number of carbonyl (C=O) groups excluding carboxylic acids is 1. The third-order valence-electron chi connectivity index (χ3n) is 4.44. The number of para-hydroxylation sites is 1. The van der Waals surface area contributed by atoms with Crippen molar-refractivity contribution in [3.63, 3.8) is 0 Å². The first kappa shape index (κ1) is 18.1. The Labute approximate surface area is 154 Å². The van der Waals surface area contributed by atoms with Gasteiger partial charge in [0.05, 0.1) is 0 Å². The average molecular weight is 354 g/mol. The molecule has 0 saturated carbocycles. The number of rotatable bonds is 6. The third kappa shape index (κ3) is 4.70. The molecule has 0 aliphatic carbocycles. The monoisotopic (exact) mass is 354 g/mol. The van der Waals surface area contributed by atoms with Gasteiger partial charge in [0.25, 0.3) is 5.91 Å². The minimum Gasteiger partial charge on any atom is -0.369 e. The van der Waals surface area contributed by atoms with E-state index in [0.717, 1.165) is 26.2 Å². The van der Waals surface area contributed by atoms with Crippen LogP contribution in [-0.4, -0.2) is 79.0 Å². The Bertz CT molecular complexity index is 713. The van der Waals surface area contributed by atoms with Crippen LogP contribution in [-0.2, 0) is 0 Å². The van der Waals surface area contributed by atoms with Crippen LogP contribution in [0, 0.1) is 0 Å². The van der Waals surface area contributed by atoms with Crippen molar-refractivity contribution in [2.75, 3.05) is 63.6 Å². The molecule has 1 fully saturated rings. The van der Waals surface area contributed by atoms with E-state index < -0.39 is 0 Å². The number of amides is 1. The molecule has 0 atom stereocenters. The van der Waals surface area contributed by atoms with Gasteiger partial charge >= 0.3 is 0 Å². The molecule has 7 heteroatoms. The molecule has 1 N–H and O–H groups in total. The van der Waals surface area contributed by atoms with Crippen molar-refractivity contribution in [1.82, 2.24) is 19.8 Å². The highest BCUT2D eigenvalue weighted by Gasteiger charge is 2.23. The molecule has 1 aliphatic rings. The van der Waals surface area contributed by atoms with Crippen LogP contribution in [0.2, 0.25) is 0 Å². The number of piperazine rings is 1. The summed E-state index contributed by atoms with van der Waals surface area (Å²) < 4.78 is 0. The zero-order valence-electron chi connectivity index (χ0n) is 15.4. The molecule has 138 valence electrons. The van der Waals surface area contributed by atoms with Crippen LogP contribution in [0.15, 0.2) is 42.7 Å². The zero-order chi connectivity index (χ0) is 18.4. The Kier molecular flexibility index (Phi) is 6.01. The van der Waals surface area contributed by atoms with E-state index in [4.69, 9.17) is 0 Å². The number of nitrogens with one attached hydrogen (secondary N) is 1. The summed E-state index contributed by atoms with van der Waals surface area (Å²) in [5, 5.41) is 3.23. The molecule has 1 aromatic carbocycles. The van der Waals surface area contributed by atoms with Gasteiger partial charge in [0.15, 0.2) is 0 Å². The Balaban J connectivity index is 1.56. The summed E-state index contributed by atoms with van der Waals surface area (Å²) >= 11 is 0. The fourth-order valence-electron chi connectivity index (χ4n) is 2.95. The van der Waals surface area contributed by atoms with E-state index in [1.165, 1.54) is 12.0 Å². The molecule has 1 amide bonds. The van der Waals surface area contributed by atoms with Gasteiger partial charge in [-0.15, -0.1) is 0 Å². The number of anilines is 2. The molecule has 0 radical (unpaired) electrons. The molecule has 7 nitrogen and oxygen atoms in total. The molecule has 1 saturated heterocycles. The van der Waals surface area contributed by atoms with E-state index in [-0.39, 0.29) is 5.91 Å². The van der Waals surface area contributed by atoms with Gasteiger partial charge in [0.1, 0.15) is 17.8 Å².